The van der Waals surface area contributed by atoms with Crippen molar-refractivity contribution in [1.29, 1.82) is 0 Å². The molecule has 1 N–H and O–H groups in total. The van der Waals surface area contributed by atoms with Crippen molar-refractivity contribution in [2.75, 3.05) is 20.0 Å². The van der Waals surface area contributed by atoms with Crippen LogP contribution in [0, 0.1) is 0 Å². The number of aromatic nitrogens is 1. The first-order valence-corrected chi connectivity index (χ1v) is 5.50. The molecule has 2 aromatic rings. The first kappa shape index (κ1) is 11.2. The molecule has 2 rings (SSSR count). The summed E-state index contributed by atoms with van der Waals surface area (Å²) in [5, 5.41) is 0. The molecule has 86 valence electrons. The molecular formula is C11H13ClN2O2. The van der Waals surface area contributed by atoms with Crippen LogP contribution in [0.3, 0.4) is 0 Å². The van der Waals surface area contributed by atoms with E-state index in [1.165, 1.54) is 0 Å². The largest absolute Gasteiger partial charge is 0.417 e. The second-order valence-corrected chi connectivity index (χ2v) is 4.21. The van der Waals surface area contributed by atoms with Crippen molar-refractivity contribution in [3.05, 3.63) is 34.3 Å². The van der Waals surface area contributed by atoms with Crippen LogP contribution in [0.1, 0.15) is 11.6 Å². The highest BCUT2D eigenvalue weighted by molar-refractivity contribution is 6.18. The lowest BCUT2D eigenvalue weighted by Crippen LogP contribution is -2.21. The average Bonchev–Trinajstić information content (AvgIpc) is 2.57. The quantitative estimate of drug-likeness (QED) is 0.835. The summed E-state index contributed by atoms with van der Waals surface area (Å²) in [4.78, 5) is 15.6. The normalized spacial score (nSPS) is 13.5. The number of rotatable bonds is 3. The van der Waals surface area contributed by atoms with E-state index < -0.39 is 5.76 Å². The zero-order valence-electron chi connectivity index (χ0n) is 9.16. The van der Waals surface area contributed by atoms with E-state index in [-0.39, 0.29) is 6.04 Å². The highest BCUT2D eigenvalue weighted by Crippen LogP contribution is 2.22. The van der Waals surface area contributed by atoms with Gasteiger partial charge in [-0.05, 0) is 31.8 Å². The Hall–Kier alpha value is -1.26. The number of halogens is 1. The molecule has 16 heavy (non-hydrogen) atoms. The molecule has 0 saturated carbocycles. The predicted molar refractivity (Wildman–Crippen MR) is 64.0 cm³/mol. The molecule has 0 aliphatic carbocycles. The molecule has 1 aromatic carbocycles. The Balaban J connectivity index is 2.48. The summed E-state index contributed by atoms with van der Waals surface area (Å²) < 4.78 is 5.01. The van der Waals surface area contributed by atoms with E-state index in [4.69, 9.17) is 16.0 Å². The van der Waals surface area contributed by atoms with Crippen molar-refractivity contribution in [2.24, 2.45) is 0 Å². The summed E-state index contributed by atoms with van der Waals surface area (Å²) in [5.41, 5.74) is 2.32. The predicted octanol–water partition coefficient (Wildman–Crippen LogP) is 1.96. The minimum atomic E-state index is -0.431. The van der Waals surface area contributed by atoms with Crippen LogP contribution in [0.15, 0.2) is 27.4 Å². The number of H-pyrrole nitrogens is 1. The molecule has 0 spiro atoms. The number of alkyl halides is 1. The van der Waals surface area contributed by atoms with E-state index in [1.807, 2.05) is 37.2 Å². The number of hydrogen-bond donors (Lipinski definition) is 1. The van der Waals surface area contributed by atoms with Crippen molar-refractivity contribution in [1.82, 2.24) is 9.88 Å². The summed E-state index contributed by atoms with van der Waals surface area (Å²) >= 11 is 5.91. The van der Waals surface area contributed by atoms with Gasteiger partial charge in [0.15, 0.2) is 5.58 Å². The number of fused-ring (bicyclic) bond motifs is 1. The lowest BCUT2D eigenvalue weighted by atomic mass is 10.1. The molecule has 0 saturated heterocycles. The number of oxazole rings is 1. The van der Waals surface area contributed by atoms with Crippen LogP contribution in [-0.2, 0) is 0 Å². The molecule has 1 heterocycles. The van der Waals surface area contributed by atoms with Gasteiger partial charge in [-0.1, -0.05) is 6.07 Å². The summed E-state index contributed by atoms with van der Waals surface area (Å²) in [6.45, 7) is 0. The van der Waals surface area contributed by atoms with Crippen LogP contribution in [0.25, 0.3) is 11.1 Å². The molecule has 1 atom stereocenters. The van der Waals surface area contributed by atoms with Gasteiger partial charge in [-0.15, -0.1) is 11.6 Å². The molecule has 0 fully saturated rings. The van der Waals surface area contributed by atoms with E-state index in [2.05, 4.69) is 4.98 Å². The second kappa shape index (κ2) is 4.31. The summed E-state index contributed by atoms with van der Waals surface area (Å²) in [6.07, 6.45) is 0. The van der Waals surface area contributed by atoms with Crippen LogP contribution in [0.5, 0.6) is 0 Å². The van der Waals surface area contributed by atoms with Gasteiger partial charge in [0.25, 0.3) is 0 Å². The molecule has 0 aliphatic heterocycles. The maximum atomic E-state index is 11.0. The van der Waals surface area contributed by atoms with E-state index in [1.54, 1.807) is 0 Å². The fraction of sp³-hybridized carbons (Fsp3) is 0.364. The number of nitrogens with one attached hydrogen (secondary N) is 1. The van der Waals surface area contributed by atoms with Crippen molar-refractivity contribution in [3.8, 4) is 0 Å². The third kappa shape index (κ3) is 1.99. The van der Waals surface area contributed by atoms with Gasteiger partial charge >= 0.3 is 5.76 Å². The van der Waals surface area contributed by atoms with Gasteiger partial charge in [0, 0.05) is 11.9 Å². The Labute approximate surface area is 97.8 Å². The van der Waals surface area contributed by atoms with Crippen LogP contribution in [0.2, 0.25) is 0 Å². The molecule has 5 heteroatoms. The van der Waals surface area contributed by atoms with Crippen molar-refractivity contribution >= 4 is 22.7 Å². The van der Waals surface area contributed by atoms with Crippen molar-refractivity contribution in [3.63, 3.8) is 0 Å². The Morgan fingerprint density at radius 1 is 1.50 bits per heavy atom. The fourth-order valence-corrected chi connectivity index (χ4v) is 2.15. The van der Waals surface area contributed by atoms with E-state index >= 15 is 0 Å². The molecule has 0 aliphatic rings. The third-order valence-corrected chi connectivity index (χ3v) is 2.89. The summed E-state index contributed by atoms with van der Waals surface area (Å²) in [5.74, 6) is 0.0621. The maximum absolute atomic E-state index is 11.0. The standard InChI is InChI=1S/C11H13ClN2O2/c1-14(2)9(6-12)7-3-4-8-10(5-7)16-11(15)13-8/h3-5,9H,6H2,1-2H3,(H,13,15). The molecule has 0 radical (unpaired) electrons. The van der Waals surface area contributed by atoms with Crippen molar-refractivity contribution < 1.29 is 4.42 Å². The number of hydrogen-bond acceptors (Lipinski definition) is 3. The molecule has 0 amide bonds. The third-order valence-electron chi connectivity index (χ3n) is 2.60. The Morgan fingerprint density at radius 2 is 2.25 bits per heavy atom. The van der Waals surface area contributed by atoms with E-state index in [0.717, 1.165) is 5.56 Å². The molecule has 0 bridgehead atoms. The first-order chi connectivity index (χ1) is 7.61. The minimum Gasteiger partial charge on any atom is -0.408 e. The highest BCUT2D eigenvalue weighted by atomic mass is 35.5. The fourth-order valence-electron chi connectivity index (χ4n) is 1.69. The smallest absolute Gasteiger partial charge is 0.408 e. The van der Waals surface area contributed by atoms with E-state index in [9.17, 15) is 4.79 Å². The topological polar surface area (TPSA) is 49.2 Å². The zero-order valence-corrected chi connectivity index (χ0v) is 9.91. The molecule has 1 unspecified atom stereocenters. The monoisotopic (exact) mass is 240 g/mol. The van der Waals surface area contributed by atoms with Gasteiger partial charge < -0.3 is 9.32 Å². The number of aromatic amines is 1. The maximum Gasteiger partial charge on any atom is 0.417 e. The lowest BCUT2D eigenvalue weighted by molar-refractivity contribution is 0.324. The molecule has 1 aromatic heterocycles. The van der Waals surface area contributed by atoms with Gasteiger partial charge in [0.2, 0.25) is 0 Å². The Morgan fingerprint density at radius 3 is 2.88 bits per heavy atom. The van der Waals surface area contributed by atoms with E-state index in [0.29, 0.717) is 17.0 Å². The summed E-state index contributed by atoms with van der Waals surface area (Å²) in [6, 6.07) is 5.74. The van der Waals surface area contributed by atoms with Crippen LogP contribution < -0.4 is 5.76 Å². The SMILES string of the molecule is CN(C)C(CCl)c1ccc2[nH]c(=O)oc2c1. The van der Waals surface area contributed by atoms with Gasteiger partial charge in [-0.2, -0.15) is 0 Å². The van der Waals surface area contributed by atoms with Gasteiger partial charge in [-0.25, -0.2) is 4.79 Å². The molecule has 4 nitrogen and oxygen atoms in total. The second-order valence-electron chi connectivity index (χ2n) is 3.90. The minimum absolute atomic E-state index is 0.117. The zero-order chi connectivity index (χ0) is 11.7. The van der Waals surface area contributed by atoms with Gasteiger partial charge in [0.05, 0.1) is 5.52 Å². The van der Waals surface area contributed by atoms with Gasteiger partial charge in [-0.3, -0.25) is 4.98 Å². The Bertz CT molecular complexity index is 544. The first-order valence-electron chi connectivity index (χ1n) is 4.97. The highest BCUT2D eigenvalue weighted by Gasteiger charge is 2.14. The van der Waals surface area contributed by atoms with Crippen LogP contribution in [-0.4, -0.2) is 29.9 Å². The average molecular weight is 241 g/mol. The van der Waals surface area contributed by atoms with Crippen LogP contribution >= 0.6 is 11.6 Å². The van der Waals surface area contributed by atoms with Gasteiger partial charge in [0.1, 0.15) is 0 Å². The summed E-state index contributed by atoms with van der Waals surface area (Å²) in [7, 11) is 3.93. The Kier molecular flexibility index (Phi) is 3.03. The molecular weight excluding hydrogens is 228 g/mol. The number of benzene rings is 1. The van der Waals surface area contributed by atoms with Crippen LogP contribution in [0.4, 0.5) is 0 Å². The number of nitrogens with zero attached hydrogens (tertiary/aromatic N) is 1. The van der Waals surface area contributed by atoms with Crippen molar-refractivity contribution in [2.45, 2.75) is 6.04 Å². The lowest BCUT2D eigenvalue weighted by Gasteiger charge is -2.21.